The highest BCUT2D eigenvalue weighted by molar-refractivity contribution is 6.06. The molecule has 0 unspecified atom stereocenters. The van der Waals surface area contributed by atoms with Crippen molar-refractivity contribution < 1.29 is 4.74 Å². The Morgan fingerprint density at radius 3 is 1.61 bits per heavy atom. The summed E-state index contributed by atoms with van der Waals surface area (Å²) in [6.07, 6.45) is 0. The Kier molecular flexibility index (Phi) is 6.36. The topological polar surface area (TPSA) is 12.5 Å². The zero-order chi connectivity index (χ0) is 37.2. The second-order valence-corrected chi connectivity index (χ2v) is 16.1. The van der Waals surface area contributed by atoms with E-state index in [0.29, 0.717) is 0 Å². The van der Waals surface area contributed by atoms with Crippen molar-refractivity contribution in [2.45, 2.75) is 24.7 Å². The average Bonchev–Trinajstić information content (AvgIpc) is 3.47. The second kappa shape index (κ2) is 11.3. The molecular formula is C54H37NO. The van der Waals surface area contributed by atoms with E-state index in [1.807, 2.05) is 0 Å². The minimum atomic E-state index is -0.624. The predicted molar refractivity (Wildman–Crippen MR) is 231 cm³/mol. The van der Waals surface area contributed by atoms with Crippen LogP contribution in [0.15, 0.2) is 188 Å². The first-order valence-electron chi connectivity index (χ1n) is 19.6. The Balaban J connectivity index is 1.17. The van der Waals surface area contributed by atoms with Gasteiger partial charge in [0.15, 0.2) is 0 Å². The van der Waals surface area contributed by atoms with Crippen LogP contribution in [0, 0.1) is 0 Å². The molecule has 1 spiro atoms. The summed E-state index contributed by atoms with van der Waals surface area (Å²) in [5.41, 5.74) is 15.4. The van der Waals surface area contributed by atoms with E-state index in [0.717, 1.165) is 39.7 Å². The maximum absolute atomic E-state index is 6.74. The third-order valence-electron chi connectivity index (χ3n) is 12.9. The van der Waals surface area contributed by atoms with Gasteiger partial charge in [0.1, 0.15) is 11.5 Å². The van der Waals surface area contributed by atoms with Crippen LogP contribution in [0.2, 0.25) is 0 Å². The first-order chi connectivity index (χ1) is 27.5. The van der Waals surface area contributed by atoms with E-state index in [9.17, 15) is 0 Å². The fourth-order valence-corrected chi connectivity index (χ4v) is 10.4. The van der Waals surface area contributed by atoms with Gasteiger partial charge in [-0.1, -0.05) is 153 Å². The molecule has 0 N–H and O–H groups in total. The molecule has 1 aliphatic heterocycles. The number of para-hydroxylation sites is 2. The molecule has 2 heteroatoms. The van der Waals surface area contributed by atoms with Crippen molar-refractivity contribution in [2.75, 3.05) is 4.90 Å². The van der Waals surface area contributed by atoms with Gasteiger partial charge in [-0.15, -0.1) is 0 Å². The lowest BCUT2D eigenvalue weighted by Crippen LogP contribution is -2.36. The Hall–Kier alpha value is -6.90. The third kappa shape index (κ3) is 4.11. The van der Waals surface area contributed by atoms with Crippen LogP contribution < -0.4 is 9.64 Å². The Labute approximate surface area is 326 Å². The van der Waals surface area contributed by atoms with E-state index in [1.54, 1.807) is 0 Å². The molecule has 56 heavy (non-hydrogen) atoms. The Morgan fingerprint density at radius 1 is 0.357 bits per heavy atom. The van der Waals surface area contributed by atoms with Crippen molar-refractivity contribution in [3.05, 3.63) is 221 Å². The molecule has 0 radical (unpaired) electrons. The van der Waals surface area contributed by atoms with Crippen LogP contribution in [0.25, 0.3) is 43.8 Å². The van der Waals surface area contributed by atoms with Crippen molar-refractivity contribution in [2.24, 2.45) is 0 Å². The fourth-order valence-electron chi connectivity index (χ4n) is 10.4. The highest BCUT2D eigenvalue weighted by Crippen LogP contribution is 2.62. The molecule has 0 amide bonds. The number of benzene rings is 9. The third-order valence-corrected chi connectivity index (χ3v) is 12.9. The van der Waals surface area contributed by atoms with E-state index < -0.39 is 5.41 Å². The number of hydrogen-bond donors (Lipinski definition) is 0. The molecule has 0 fully saturated rings. The van der Waals surface area contributed by atoms with Crippen molar-refractivity contribution in [1.29, 1.82) is 0 Å². The summed E-state index contributed by atoms with van der Waals surface area (Å²) in [6.45, 7) is 4.73. The van der Waals surface area contributed by atoms with Crippen molar-refractivity contribution >= 4 is 38.6 Å². The second-order valence-electron chi connectivity index (χ2n) is 16.1. The van der Waals surface area contributed by atoms with Gasteiger partial charge in [-0.25, -0.2) is 0 Å². The molecule has 264 valence electrons. The summed E-state index contributed by atoms with van der Waals surface area (Å²) in [5, 5.41) is 4.99. The van der Waals surface area contributed by atoms with E-state index in [2.05, 4.69) is 207 Å². The number of ether oxygens (including phenoxy) is 1. The molecular weight excluding hydrogens is 679 g/mol. The normalized spacial score (nSPS) is 14.7. The lowest BCUT2D eigenvalue weighted by Gasteiger charge is -2.45. The lowest BCUT2D eigenvalue weighted by atomic mass is 9.58. The summed E-state index contributed by atoms with van der Waals surface area (Å²) in [4.78, 5) is 2.47. The molecule has 1 heterocycles. The smallest absolute Gasteiger partial charge is 0.132 e. The van der Waals surface area contributed by atoms with Crippen LogP contribution >= 0.6 is 0 Å². The van der Waals surface area contributed by atoms with Gasteiger partial charge in [-0.05, 0) is 115 Å². The average molecular weight is 716 g/mol. The summed E-state index contributed by atoms with van der Waals surface area (Å²) in [5.74, 6) is 1.79. The summed E-state index contributed by atoms with van der Waals surface area (Å²) >= 11 is 0. The highest BCUT2D eigenvalue weighted by Gasteiger charge is 2.49. The van der Waals surface area contributed by atoms with Crippen LogP contribution in [0.3, 0.4) is 0 Å². The molecule has 0 saturated heterocycles. The van der Waals surface area contributed by atoms with Gasteiger partial charge in [0.05, 0.1) is 5.41 Å². The van der Waals surface area contributed by atoms with Crippen LogP contribution in [0.5, 0.6) is 11.5 Å². The largest absolute Gasteiger partial charge is 0.457 e. The summed E-state index contributed by atoms with van der Waals surface area (Å²) in [7, 11) is 0. The quantitative estimate of drug-likeness (QED) is 0.181. The number of nitrogens with zero attached hydrogens (tertiary/aromatic N) is 1. The summed E-state index contributed by atoms with van der Waals surface area (Å²) < 4.78 is 6.74. The zero-order valence-electron chi connectivity index (χ0n) is 31.3. The van der Waals surface area contributed by atoms with Gasteiger partial charge in [0, 0.05) is 33.6 Å². The zero-order valence-corrected chi connectivity index (χ0v) is 31.3. The molecule has 0 saturated carbocycles. The first-order valence-corrected chi connectivity index (χ1v) is 19.6. The molecule has 2 aliphatic carbocycles. The highest BCUT2D eigenvalue weighted by atomic mass is 16.5. The molecule has 0 bridgehead atoms. The standard InChI is InChI=1S/C54H37NO/c1-53(2)44-19-6-5-17-40(44)41-29-27-38(32-48(41)53)55(37-26-25-34-13-3-4-14-36(34)31-37)39-28-30-42-43-18-11-15-35-16-12-22-47(52(35)43)54(49(42)33-39)45-20-7-9-23-50(45)56-51-24-10-8-21-46(51)54/h3-33H,1-2H3. The van der Waals surface area contributed by atoms with E-state index >= 15 is 0 Å². The van der Waals surface area contributed by atoms with Gasteiger partial charge in [0.25, 0.3) is 0 Å². The van der Waals surface area contributed by atoms with Crippen molar-refractivity contribution in [3.63, 3.8) is 0 Å². The molecule has 3 aliphatic rings. The molecule has 2 nitrogen and oxygen atoms in total. The van der Waals surface area contributed by atoms with Crippen molar-refractivity contribution in [1.82, 2.24) is 0 Å². The van der Waals surface area contributed by atoms with Gasteiger partial charge in [-0.2, -0.15) is 0 Å². The maximum atomic E-state index is 6.74. The van der Waals surface area contributed by atoms with Crippen LogP contribution in [0.1, 0.15) is 47.2 Å². The molecule has 12 rings (SSSR count). The SMILES string of the molecule is CC1(C)c2ccccc2-c2ccc(N(c3ccc4c(c3)C3(c5ccccc5Oc5ccccc53)c3cccc5cccc-4c35)c3ccc4ccccc4c3)cc21. The molecule has 0 atom stereocenters. The molecule has 9 aromatic rings. The monoisotopic (exact) mass is 715 g/mol. The number of hydrogen-bond acceptors (Lipinski definition) is 2. The Morgan fingerprint density at radius 2 is 0.857 bits per heavy atom. The van der Waals surface area contributed by atoms with Gasteiger partial charge in [0.2, 0.25) is 0 Å². The van der Waals surface area contributed by atoms with Crippen molar-refractivity contribution in [3.8, 4) is 33.8 Å². The molecule has 0 aromatic heterocycles. The minimum Gasteiger partial charge on any atom is -0.457 e. The maximum Gasteiger partial charge on any atom is 0.132 e. The minimum absolute atomic E-state index is 0.130. The van der Waals surface area contributed by atoms with Gasteiger partial charge >= 0.3 is 0 Å². The summed E-state index contributed by atoms with van der Waals surface area (Å²) in [6, 6.07) is 69.6. The first kappa shape index (κ1) is 31.5. The van der Waals surface area contributed by atoms with Crippen LogP contribution in [-0.4, -0.2) is 0 Å². The Bertz CT molecular complexity index is 3060. The number of anilines is 3. The van der Waals surface area contributed by atoms with Gasteiger partial charge < -0.3 is 9.64 Å². The predicted octanol–water partition coefficient (Wildman–Crippen LogP) is 14.2. The fraction of sp³-hybridized carbons (Fsp3) is 0.0741. The van der Waals surface area contributed by atoms with E-state index in [1.165, 1.54) is 66.1 Å². The van der Waals surface area contributed by atoms with Crippen LogP contribution in [0.4, 0.5) is 17.1 Å². The van der Waals surface area contributed by atoms with Gasteiger partial charge in [-0.3, -0.25) is 0 Å². The molecule has 9 aromatic carbocycles. The van der Waals surface area contributed by atoms with E-state index in [-0.39, 0.29) is 5.41 Å². The number of rotatable bonds is 3. The number of fused-ring (bicyclic) bond motifs is 12. The van der Waals surface area contributed by atoms with Crippen LogP contribution in [-0.2, 0) is 10.8 Å². The van der Waals surface area contributed by atoms with E-state index in [4.69, 9.17) is 4.74 Å². The lowest BCUT2D eigenvalue weighted by molar-refractivity contribution is 0.435.